The highest BCUT2D eigenvalue weighted by Crippen LogP contribution is 2.31. The summed E-state index contributed by atoms with van der Waals surface area (Å²) in [5.74, 6) is -0.183. The Bertz CT molecular complexity index is 596. The van der Waals surface area contributed by atoms with Crippen LogP contribution in [0, 0.1) is 5.41 Å². The first kappa shape index (κ1) is 12.3. The zero-order chi connectivity index (χ0) is 13.1. The molecule has 1 heterocycles. The van der Waals surface area contributed by atoms with E-state index >= 15 is 0 Å². The zero-order valence-electron chi connectivity index (χ0n) is 9.43. The number of aromatic nitrogens is 3. The Morgan fingerprint density at radius 3 is 2.61 bits per heavy atom. The number of nitrogens with zero attached hydrogens (tertiary/aromatic N) is 2. The molecule has 0 atom stereocenters. The molecule has 0 aromatic carbocycles. The number of carbonyl (C=O) groups excluding carboxylic acids is 1. The maximum Gasteiger partial charge on any atom is 0.200 e. The third-order valence-corrected chi connectivity index (χ3v) is 3.25. The van der Waals surface area contributed by atoms with Crippen molar-refractivity contribution in [3.63, 3.8) is 0 Å². The molecule has 2 N–H and O–H groups in total. The molecule has 90 valence electrons. The van der Waals surface area contributed by atoms with Gasteiger partial charge < -0.3 is 5.41 Å². The maximum atomic E-state index is 12.2. The van der Waals surface area contributed by atoms with Gasteiger partial charge in [-0.1, -0.05) is 25.3 Å². The van der Waals surface area contributed by atoms with Gasteiger partial charge in [-0.3, -0.25) is 9.89 Å². The summed E-state index contributed by atoms with van der Waals surface area (Å²) in [4.78, 5) is 16.5. The molecule has 0 aliphatic heterocycles. The molecule has 0 spiro atoms. The van der Waals surface area contributed by atoms with Gasteiger partial charge in [0, 0.05) is 11.1 Å². The molecule has 0 fully saturated rings. The number of carbonyl (C=O) groups is 1. The molecule has 0 radical (unpaired) electrons. The van der Waals surface area contributed by atoms with E-state index in [9.17, 15) is 4.79 Å². The highest BCUT2D eigenvalue weighted by Gasteiger charge is 2.24. The van der Waals surface area contributed by atoms with Gasteiger partial charge >= 0.3 is 0 Å². The minimum absolute atomic E-state index is 0.183. The molecule has 1 aromatic heterocycles. The summed E-state index contributed by atoms with van der Waals surface area (Å²) in [6, 6.07) is 0. The Morgan fingerprint density at radius 1 is 1.33 bits per heavy atom. The summed E-state index contributed by atoms with van der Waals surface area (Å²) in [6.45, 7) is 7.21. The van der Waals surface area contributed by atoms with Crippen molar-refractivity contribution in [3.8, 4) is 0 Å². The van der Waals surface area contributed by atoms with Crippen LogP contribution in [0.4, 0.5) is 0 Å². The Kier molecular flexibility index (Phi) is 3.38. The molecule has 2 rings (SSSR count). The average molecular weight is 258 g/mol. The molecule has 5 nitrogen and oxygen atoms in total. The lowest BCUT2D eigenvalue weighted by molar-refractivity contribution is -0.111. The van der Waals surface area contributed by atoms with Crippen molar-refractivity contribution in [1.29, 1.82) is 5.41 Å². The Hall–Kier alpha value is -2.21. The maximum absolute atomic E-state index is 12.2. The summed E-state index contributed by atoms with van der Waals surface area (Å²) < 4.78 is 0. The molecular weight excluding hydrogens is 248 g/mol. The largest absolute Gasteiger partial charge is 0.300 e. The van der Waals surface area contributed by atoms with E-state index in [2.05, 4.69) is 28.3 Å². The molecule has 1 aliphatic carbocycles. The van der Waals surface area contributed by atoms with E-state index < -0.39 is 0 Å². The van der Waals surface area contributed by atoms with Crippen molar-refractivity contribution in [2.24, 2.45) is 0 Å². The lowest BCUT2D eigenvalue weighted by Crippen LogP contribution is -2.15. The van der Waals surface area contributed by atoms with Gasteiger partial charge in [-0.05, 0) is 17.8 Å². The SMILES string of the molecule is C=CC1=C(C=C)C(=O)C(Sc2ncn[nH]2)=CC1=N. The molecule has 6 heteroatoms. The first-order valence-corrected chi connectivity index (χ1v) is 5.86. The molecular formula is C12H10N4OS. The number of hydrogen-bond acceptors (Lipinski definition) is 5. The lowest BCUT2D eigenvalue weighted by atomic mass is 9.94. The fourth-order valence-corrected chi connectivity index (χ4v) is 2.31. The van der Waals surface area contributed by atoms with Crippen molar-refractivity contribution in [3.05, 3.63) is 53.8 Å². The van der Waals surface area contributed by atoms with E-state index in [1.807, 2.05) is 0 Å². The molecule has 0 saturated carbocycles. The van der Waals surface area contributed by atoms with Crippen molar-refractivity contribution in [2.75, 3.05) is 0 Å². The van der Waals surface area contributed by atoms with Gasteiger partial charge in [0.2, 0.25) is 5.78 Å². The number of nitrogens with one attached hydrogen (secondary N) is 2. The van der Waals surface area contributed by atoms with Crippen molar-refractivity contribution >= 4 is 23.3 Å². The fraction of sp³-hybridized carbons (Fsp3) is 0. The van der Waals surface area contributed by atoms with Crippen LogP contribution < -0.4 is 0 Å². The van der Waals surface area contributed by atoms with E-state index in [0.717, 1.165) is 11.8 Å². The number of allylic oxidation sites excluding steroid dienone is 6. The van der Waals surface area contributed by atoms with Gasteiger partial charge in [-0.15, -0.1) is 0 Å². The van der Waals surface area contributed by atoms with Gasteiger partial charge in [0.05, 0.1) is 10.6 Å². The lowest BCUT2D eigenvalue weighted by Gasteiger charge is -2.15. The van der Waals surface area contributed by atoms with Gasteiger partial charge in [-0.25, -0.2) is 4.98 Å². The highest BCUT2D eigenvalue weighted by molar-refractivity contribution is 8.03. The monoisotopic (exact) mass is 258 g/mol. The second-order valence-corrected chi connectivity index (χ2v) is 4.41. The third-order valence-electron chi connectivity index (χ3n) is 2.33. The molecule has 0 unspecified atom stereocenters. The second-order valence-electron chi connectivity index (χ2n) is 3.38. The normalized spacial score (nSPS) is 15.7. The van der Waals surface area contributed by atoms with Gasteiger partial charge in [0.15, 0.2) is 5.16 Å². The summed E-state index contributed by atoms with van der Waals surface area (Å²) in [5.41, 5.74) is 1.12. The van der Waals surface area contributed by atoms with Crippen LogP contribution in [0.5, 0.6) is 0 Å². The van der Waals surface area contributed by atoms with Gasteiger partial charge in [-0.2, -0.15) is 5.10 Å². The molecule has 0 saturated heterocycles. The standard InChI is InChI=1S/C12H10N4OS/c1-3-7-8(4-2)11(17)10(5-9(7)13)18-12-14-6-15-16-12/h3-6,13H,1-2H2,(H,14,15,16). The van der Waals surface area contributed by atoms with Crippen LogP contribution in [0.15, 0.2) is 58.9 Å². The van der Waals surface area contributed by atoms with Crippen LogP contribution in [0.25, 0.3) is 0 Å². The summed E-state index contributed by atoms with van der Waals surface area (Å²) in [6.07, 6.45) is 5.80. The van der Waals surface area contributed by atoms with Crippen molar-refractivity contribution < 1.29 is 4.79 Å². The number of rotatable bonds is 4. The molecule has 18 heavy (non-hydrogen) atoms. The second kappa shape index (κ2) is 4.97. The zero-order valence-corrected chi connectivity index (χ0v) is 10.3. The van der Waals surface area contributed by atoms with Crippen LogP contribution in [0.2, 0.25) is 0 Å². The number of thioether (sulfide) groups is 1. The Balaban J connectivity index is 2.36. The highest BCUT2D eigenvalue weighted by atomic mass is 32.2. The van der Waals surface area contributed by atoms with E-state index in [-0.39, 0.29) is 11.5 Å². The summed E-state index contributed by atoms with van der Waals surface area (Å²) >= 11 is 1.14. The van der Waals surface area contributed by atoms with E-state index in [4.69, 9.17) is 5.41 Å². The van der Waals surface area contributed by atoms with Crippen LogP contribution >= 0.6 is 11.8 Å². The van der Waals surface area contributed by atoms with Crippen molar-refractivity contribution in [2.45, 2.75) is 5.16 Å². The number of ketones is 1. The topological polar surface area (TPSA) is 82.5 Å². The summed E-state index contributed by atoms with van der Waals surface area (Å²) in [7, 11) is 0. The average Bonchev–Trinajstić information content (AvgIpc) is 2.85. The van der Waals surface area contributed by atoms with E-state index in [1.165, 1.54) is 24.6 Å². The predicted octanol–water partition coefficient (Wildman–Crippen LogP) is 2.05. The fourth-order valence-electron chi connectivity index (χ4n) is 1.52. The number of H-pyrrole nitrogens is 1. The minimum Gasteiger partial charge on any atom is -0.300 e. The van der Waals surface area contributed by atoms with Crippen molar-refractivity contribution in [1.82, 2.24) is 15.2 Å². The molecule has 0 amide bonds. The van der Waals surface area contributed by atoms with Gasteiger partial charge in [0.1, 0.15) is 6.33 Å². The van der Waals surface area contributed by atoms with Crippen LogP contribution in [0.1, 0.15) is 0 Å². The van der Waals surface area contributed by atoms with E-state index in [1.54, 1.807) is 0 Å². The van der Waals surface area contributed by atoms with Gasteiger partial charge in [0.25, 0.3) is 0 Å². The Morgan fingerprint density at radius 2 is 2.06 bits per heavy atom. The molecule has 1 aromatic rings. The first-order valence-electron chi connectivity index (χ1n) is 5.05. The Labute approximate surface area is 108 Å². The summed E-state index contributed by atoms with van der Waals surface area (Å²) in [5, 5.41) is 14.7. The first-order chi connectivity index (χ1) is 8.67. The molecule has 0 bridgehead atoms. The smallest absolute Gasteiger partial charge is 0.200 e. The van der Waals surface area contributed by atoms with Crippen LogP contribution in [-0.2, 0) is 4.79 Å². The number of Topliss-reactive ketones (excluding diaryl/α,β-unsaturated/α-hetero) is 1. The van der Waals surface area contributed by atoms with E-state index in [0.29, 0.717) is 21.2 Å². The van der Waals surface area contributed by atoms with Crippen LogP contribution in [-0.4, -0.2) is 26.7 Å². The number of hydrogen-bond donors (Lipinski definition) is 2. The minimum atomic E-state index is -0.183. The quantitative estimate of drug-likeness (QED) is 0.810. The molecule has 1 aliphatic rings. The van der Waals surface area contributed by atoms with Crippen LogP contribution in [0.3, 0.4) is 0 Å². The predicted molar refractivity (Wildman–Crippen MR) is 70.5 cm³/mol. The third kappa shape index (κ3) is 2.10. The number of aromatic amines is 1.